The Kier molecular flexibility index (Phi) is 4.61. The van der Waals surface area contributed by atoms with Gasteiger partial charge in [-0.25, -0.2) is 0 Å². The van der Waals surface area contributed by atoms with Crippen molar-refractivity contribution in [3.05, 3.63) is 12.1 Å². The lowest BCUT2D eigenvalue weighted by atomic mass is 9.91. The third-order valence-corrected chi connectivity index (χ3v) is 0.833. The lowest BCUT2D eigenvalue weighted by Gasteiger charge is -1.87. The van der Waals surface area contributed by atoms with Crippen LogP contribution >= 0.6 is 0 Å². The van der Waals surface area contributed by atoms with E-state index in [1.54, 1.807) is 0 Å². The van der Waals surface area contributed by atoms with Crippen molar-refractivity contribution in [1.29, 1.82) is 0 Å². The SMILES string of the molecule is O=C(O)CC/C=C/B(O)O. The van der Waals surface area contributed by atoms with Gasteiger partial charge in [0, 0.05) is 6.42 Å². The zero-order valence-electron chi connectivity index (χ0n) is 5.40. The molecule has 0 aliphatic rings. The van der Waals surface area contributed by atoms with Gasteiger partial charge in [-0.2, -0.15) is 0 Å². The number of aliphatic carboxylic acids is 1. The van der Waals surface area contributed by atoms with Crippen molar-refractivity contribution >= 4 is 13.1 Å². The van der Waals surface area contributed by atoms with Crippen LogP contribution in [0.15, 0.2) is 12.1 Å². The van der Waals surface area contributed by atoms with Crippen molar-refractivity contribution in [3.63, 3.8) is 0 Å². The van der Waals surface area contributed by atoms with Gasteiger partial charge in [0.2, 0.25) is 0 Å². The van der Waals surface area contributed by atoms with Crippen LogP contribution in [0.2, 0.25) is 0 Å². The first-order valence-electron chi connectivity index (χ1n) is 2.87. The molecule has 0 aromatic rings. The Labute approximate surface area is 58.9 Å². The Morgan fingerprint density at radius 1 is 1.50 bits per heavy atom. The van der Waals surface area contributed by atoms with E-state index in [0.29, 0.717) is 6.42 Å². The highest BCUT2D eigenvalue weighted by molar-refractivity contribution is 6.47. The van der Waals surface area contributed by atoms with Crippen LogP contribution in [0.25, 0.3) is 0 Å². The third kappa shape index (κ3) is 7.19. The van der Waals surface area contributed by atoms with Crippen molar-refractivity contribution in [2.24, 2.45) is 0 Å². The summed E-state index contributed by atoms with van der Waals surface area (Å²) in [6.45, 7) is 0. The highest BCUT2D eigenvalue weighted by Gasteiger charge is 1.97. The largest absolute Gasteiger partial charge is 0.481 e. The van der Waals surface area contributed by atoms with Crippen LogP contribution in [0, 0.1) is 0 Å². The average molecular weight is 144 g/mol. The molecule has 0 aliphatic heterocycles. The van der Waals surface area contributed by atoms with Crippen LogP contribution in [0.1, 0.15) is 12.8 Å². The zero-order valence-corrected chi connectivity index (χ0v) is 5.40. The van der Waals surface area contributed by atoms with Crippen LogP contribution in [-0.2, 0) is 4.79 Å². The van der Waals surface area contributed by atoms with E-state index in [4.69, 9.17) is 15.2 Å². The van der Waals surface area contributed by atoms with Crippen molar-refractivity contribution in [2.75, 3.05) is 0 Å². The van der Waals surface area contributed by atoms with Gasteiger partial charge < -0.3 is 15.2 Å². The van der Waals surface area contributed by atoms with Gasteiger partial charge in [0.25, 0.3) is 0 Å². The van der Waals surface area contributed by atoms with E-state index in [1.807, 2.05) is 0 Å². The molecule has 0 spiro atoms. The number of allylic oxidation sites excluding steroid dienone is 1. The van der Waals surface area contributed by atoms with Gasteiger partial charge in [-0.1, -0.05) is 12.1 Å². The van der Waals surface area contributed by atoms with E-state index in [-0.39, 0.29) is 6.42 Å². The first-order valence-corrected chi connectivity index (χ1v) is 2.87. The topological polar surface area (TPSA) is 77.8 Å². The third-order valence-electron chi connectivity index (χ3n) is 0.833. The zero-order chi connectivity index (χ0) is 7.98. The maximum atomic E-state index is 9.89. The molecule has 0 amide bonds. The molecular formula is C5H9BO4. The van der Waals surface area contributed by atoms with Crippen molar-refractivity contribution < 1.29 is 19.9 Å². The number of rotatable bonds is 4. The molecule has 5 heteroatoms. The summed E-state index contributed by atoms with van der Waals surface area (Å²) >= 11 is 0. The Balaban J connectivity index is 3.27. The van der Waals surface area contributed by atoms with E-state index < -0.39 is 13.1 Å². The summed E-state index contributed by atoms with van der Waals surface area (Å²) in [4.78, 5) is 9.89. The molecular weight excluding hydrogens is 135 g/mol. The molecule has 0 rings (SSSR count). The molecule has 3 N–H and O–H groups in total. The Morgan fingerprint density at radius 3 is 2.50 bits per heavy atom. The fourth-order valence-electron chi connectivity index (χ4n) is 0.425. The van der Waals surface area contributed by atoms with Crippen LogP contribution in [0.5, 0.6) is 0 Å². The van der Waals surface area contributed by atoms with Crippen molar-refractivity contribution in [1.82, 2.24) is 0 Å². The van der Waals surface area contributed by atoms with Gasteiger partial charge in [-0.05, 0) is 6.42 Å². The molecule has 0 aromatic carbocycles. The standard InChI is InChI=1S/C5H9BO4/c7-5(8)3-1-2-4-6(9)10/h2,4,9-10H,1,3H2,(H,7,8)/b4-2+. The minimum absolute atomic E-state index is 0.0171. The molecule has 10 heavy (non-hydrogen) atoms. The minimum atomic E-state index is -1.48. The lowest BCUT2D eigenvalue weighted by Crippen LogP contribution is -2.05. The second-order valence-corrected chi connectivity index (χ2v) is 1.77. The number of carboxylic acids is 1. The summed E-state index contributed by atoms with van der Waals surface area (Å²) in [5, 5.41) is 24.6. The first kappa shape index (κ1) is 9.19. The molecule has 0 atom stereocenters. The van der Waals surface area contributed by atoms with Crippen LogP contribution in [0.3, 0.4) is 0 Å². The molecule has 4 nitrogen and oxygen atoms in total. The molecule has 0 aliphatic carbocycles. The number of hydrogen-bond donors (Lipinski definition) is 3. The molecule has 0 heterocycles. The number of carboxylic acid groups (broad SMARTS) is 1. The minimum Gasteiger partial charge on any atom is -0.481 e. The summed E-state index contributed by atoms with van der Waals surface area (Å²) < 4.78 is 0. The summed E-state index contributed by atoms with van der Waals surface area (Å²) in [6.07, 6.45) is 1.76. The summed E-state index contributed by atoms with van der Waals surface area (Å²) in [6, 6.07) is 0. The highest BCUT2D eigenvalue weighted by atomic mass is 16.4. The highest BCUT2D eigenvalue weighted by Crippen LogP contribution is 1.90. The lowest BCUT2D eigenvalue weighted by molar-refractivity contribution is -0.136. The smallest absolute Gasteiger partial charge is 0.480 e. The molecule has 0 unspecified atom stereocenters. The molecule has 56 valence electrons. The van der Waals surface area contributed by atoms with E-state index in [0.717, 1.165) is 5.98 Å². The fourth-order valence-corrected chi connectivity index (χ4v) is 0.425. The Morgan fingerprint density at radius 2 is 2.10 bits per heavy atom. The maximum Gasteiger partial charge on any atom is 0.480 e. The molecule has 0 fully saturated rings. The van der Waals surface area contributed by atoms with Gasteiger partial charge in [0.15, 0.2) is 0 Å². The predicted octanol–water partition coefficient (Wildman–Crippen LogP) is -0.581. The van der Waals surface area contributed by atoms with Gasteiger partial charge in [0.05, 0.1) is 0 Å². The van der Waals surface area contributed by atoms with Gasteiger partial charge in [-0.15, -0.1) is 0 Å². The van der Waals surface area contributed by atoms with Gasteiger partial charge >= 0.3 is 13.1 Å². The fraction of sp³-hybridized carbons (Fsp3) is 0.400. The number of carbonyl (C=O) groups is 1. The van der Waals surface area contributed by atoms with E-state index in [2.05, 4.69) is 0 Å². The quantitative estimate of drug-likeness (QED) is 0.461. The first-order chi connectivity index (χ1) is 4.63. The summed E-state index contributed by atoms with van der Waals surface area (Å²) in [5.74, 6) is 0.236. The average Bonchev–Trinajstić information content (AvgIpc) is 1.79. The van der Waals surface area contributed by atoms with E-state index in [1.165, 1.54) is 6.08 Å². The van der Waals surface area contributed by atoms with Crippen LogP contribution in [0.4, 0.5) is 0 Å². The normalized spacial score (nSPS) is 10.2. The Bertz CT molecular complexity index is 132. The maximum absolute atomic E-state index is 9.89. The van der Waals surface area contributed by atoms with Crippen molar-refractivity contribution in [2.45, 2.75) is 12.8 Å². The van der Waals surface area contributed by atoms with Gasteiger partial charge in [-0.3, -0.25) is 4.79 Å². The summed E-state index contributed by atoms with van der Waals surface area (Å²) in [5.41, 5.74) is 0. The molecule has 0 aromatic heterocycles. The van der Waals surface area contributed by atoms with Crippen molar-refractivity contribution in [3.8, 4) is 0 Å². The summed E-state index contributed by atoms with van der Waals surface area (Å²) in [7, 11) is -1.48. The molecule has 0 saturated carbocycles. The van der Waals surface area contributed by atoms with Crippen LogP contribution in [-0.4, -0.2) is 28.2 Å². The molecule has 0 radical (unpaired) electrons. The second kappa shape index (κ2) is 5.02. The van der Waals surface area contributed by atoms with E-state index >= 15 is 0 Å². The molecule has 0 bridgehead atoms. The molecule has 0 saturated heterocycles. The second-order valence-electron chi connectivity index (χ2n) is 1.77. The van der Waals surface area contributed by atoms with Gasteiger partial charge in [0.1, 0.15) is 0 Å². The monoisotopic (exact) mass is 144 g/mol. The number of hydrogen-bond acceptors (Lipinski definition) is 3. The van der Waals surface area contributed by atoms with Crippen LogP contribution < -0.4 is 0 Å². The van der Waals surface area contributed by atoms with E-state index in [9.17, 15) is 4.79 Å². The predicted molar refractivity (Wildman–Crippen MR) is 36.2 cm³/mol. The Hall–Kier alpha value is -0.805.